The van der Waals surface area contributed by atoms with E-state index in [-0.39, 0.29) is 17.3 Å². The van der Waals surface area contributed by atoms with Gasteiger partial charge in [0.15, 0.2) is 0 Å². The van der Waals surface area contributed by atoms with Crippen molar-refractivity contribution >= 4 is 44.9 Å². The molecule has 3 aliphatic carbocycles. The summed E-state index contributed by atoms with van der Waals surface area (Å²) in [6, 6.07) is 81.4. The van der Waals surface area contributed by atoms with E-state index in [1.165, 1.54) is 83.1 Å². The lowest BCUT2D eigenvalue weighted by atomic mass is 9.63. The fraction of sp³-hybridized carbons (Fsp3) is 0.0909. The monoisotopic (exact) mass is 870 g/mol. The molecule has 1 aromatic heterocycles. The zero-order valence-electron chi connectivity index (χ0n) is 38.1. The number of hydrogen-bond acceptors (Lipinski definition) is 1. The lowest BCUT2D eigenvalue weighted by Crippen LogP contribution is -2.35. The first-order valence-electron chi connectivity index (χ1n) is 24.1. The molecule has 1 heterocycles. The zero-order chi connectivity index (χ0) is 45.2. The molecule has 9 aromatic carbocycles. The first kappa shape index (κ1) is 40.1. The Balaban J connectivity index is 0.923. The quantitative estimate of drug-likeness (QED) is 0.148. The molecule has 0 fully saturated rings. The van der Waals surface area contributed by atoms with Crippen molar-refractivity contribution in [3.05, 3.63) is 282 Å². The van der Waals surface area contributed by atoms with Gasteiger partial charge in [0, 0.05) is 45.4 Å². The number of para-hydroxylation sites is 2. The summed E-state index contributed by atoms with van der Waals surface area (Å²) in [5.41, 5.74) is 19.5. The minimum atomic E-state index is -0.377. The van der Waals surface area contributed by atoms with Crippen LogP contribution in [-0.2, 0) is 5.41 Å². The van der Waals surface area contributed by atoms with Crippen LogP contribution in [0.3, 0.4) is 0 Å². The number of benzene rings is 9. The van der Waals surface area contributed by atoms with Crippen LogP contribution in [-0.4, -0.2) is 4.57 Å². The summed E-state index contributed by atoms with van der Waals surface area (Å²) in [6.45, 7) is 2.34. The molecule has 0 saturated heterocycles. The first-order valence-corrected chi connectivity index (χ1v) is 24.1. The van der Waals surface area contributed by atoms with Crippen LogP contribution in [0, 0.1) is 5.92 Å². The lowest BCUT2D eigenvalue weighted by Gasteiger charge is -2.39. The molecule has 0 bridgehead atoms. The average Bonchev–Trinajstić information content (AvgIpc) is 3.90. The summed E-state index contributed by atoms with van der Waals surface area (Å²) in [7, 11) is 0. The fourth-order valence-corrected chi connectivity index (χ4v) is 12.0. The van der Waals surface area contributed by atoms with Crippen LogP contribution in [0.4, 0.5) is 17.1 Å². The van der Waals surface area contributed by atoms with Crippen LogP contribution in [0.5, 0.6) is 0 Å². The van der Waals surface area contributed by atoms with E-state index < -0.39 is 0 Å². The van der Waals surface area contributed by atoms with Crippen molar-refractivity contribution in [2.75, 3.05) is 4.90 Å². The van der Waals surface area contributed by atoms with Gasteiger partial charge in [-0.3, -0.25) is 0 Å². The molecular weight excluding hydrogens is 821 g/mol. The number of hydrogen-bond donors (Lipinski definition) is 0. The van der Waals surface area contributed by atoms with Crippen LogP contribution >= 0.6 is 0 Å². The Labute approximate surface area is 399 Å². The van der Waals surface area contributed by atoms with Crippen molar-refractivity contribution in [3.8, 4) is 27.9 Å². The number of fused-ring (bicyclic) bond motifs is 7. The third-order valence-corrected chi connectivity index (χ3v) is 15.2. The second-order valence-electron chi connectivity index (χ2n) is 18.9. The van der Waals surface area contributed by atoms with E-state index in [1.807, 2.05) is 0 Å². The number of nitrogens with zero attached hydrogens (tertiary/aromatic N) is 2. The van der Waals surface area contributed by atoms with Crippen molar-refractivity contribution in [1.82, 2.24) is 4.57 Å². The highest BCUT2D eigenvalue weighted by molar-refractivity contribution is 6.10. The molecule has 3 aliphatic rings. The normalized spacial score (nSPS) is 17.5. The molecular formula is C66H50N2. The van der Waals surface area contributed by atoms with Gasteiger partial charge in [0.1, 0.15) is 0 Å². The van der Waals surface area contributed by atoms with Gasteiger partial charge in [-0.15, -0.1) is 0 Å². The summed E-state index contributed by atoms with van der Waals surface area (Å²) >= 11 is 0. The third kappa shape index (κ3) is 6.39. The molecule has 2 heteroatoms. The Bertz CT molecular complexity index is 3570. The SMILES string of the molecule is CC1CC=Cc2cc(N(c3ccc(-c4cccc(-c5ccc6c(c5)c5ccccc5n6-c5ccccc5)c4)cc3)c3ccc4c(c3)C(c3ccccc3)(c3ccccc3)C3C=CC=CC43)ccc21. The molecule has 10 aromatic rings. The van der Waals surface area contributed by atoms with Gasteiger partial charge >= 0.3 is 0 Å². The number of aromatic nitrogens is 1. The highest BCUT2D eigenvalue weighted by atomic mass is 15.1. The van der Waals surface area contributed by atoms with Gasteiger partial charge in [0.2, 0.25) is 0 Å². The predicted octanol–water partition coefficient (Wildman–Crippen LogP) is 17.3. The van der Waals surface area contributed by atoms with Crippen LogP contribution in [0.25, 0.3) is 55.8 Å². The molecule has 0 radical (unpaired) electrons. The minimum Gasteiger partial charge on any atom is -0.310 e. The highest BCUT2D eigenvalue weighted by Crippen LogP contribution is 2.60. The van der Waals surface area contributed by atoms with Gasteiger partial charge in [-0.1, -0.05) is 189 Å². The standard InChI is InChI=1S/C66H50N2/c1-45-17-15-20-50-42-55(36-38-57(45)50)67(56-37-39-59-58-27-11-13-29-62(58)66(63(59)44-56,51-21-5-2-6-22-51)52-23-7-3-8-24-52)54-34-31-46(32-35-54)47-18-16-19-48(41-47)49-33-40-65-61(43-49)60-28-12-14-30-64(60)68(65)53-25-9-4-10-26-53/h2-16,18-45,58,62H,17H2,1H3. The number of allylic oxidation sites excluding steroid dienone is 5. The Kier molecular flexibility index (Phi) is 9.61. The largest absolute Gasteiger partial charge is 0.310 e. The van der Waals surface area contributed by atoms with Gasteiger partial charge in [0.05, 0.1) is 16.4 Å². The first-order chi connectivity index (χ1) is 33.6. The van der Waals surface area contributed by atoms with E-state index in [2.05, 4.69) is 271 Å². The zero-order valence-corrected chi connectivity index (χ0v) is 38.1. The van der Waals surface area contributed by atoms with Gasteiger partial charge in [0.25, 0.3) is 0 Å². The summed E-state index contributed by atoms with van der Waals surface area (Å²) in [5.74, 6) is 0.990. The summed E-state index contributed by atoms with van der Waals surface area (Å²) in [4.78, 5) is 2.48. The molecule has 0 N–H and O–H groups in total. The molecule has 13 rings (SSSR count). The van der Waals surface area contributed by atoms with Gasteiger partial charge in [-0.05, 0) is 141 Å². The van der Waals surface area contributed by atoms with Crippen molar-refractivity contribution in [3.63, 3.8) is 0 Å². The molecule has 0 amide bonds. The van der Waals surface area contributed by atoms with Crippen molar-refractivity contribution in [2.24, 2.45) is 5.92 Å². The highest BCUT2D eigenvalue weighted by Gasteiger charge is 2.53. The van der Waals surface area contributed by atoms with Crippen LogP contribution < -0.4 is 4.90 Å². The van der Waals surface area contributed by atoms with Crippen molar-refractivity contribution in [1.29, 1.82) is 0 Å². The lowest BCUT2D eigenvalue weighted by molar-refractivity contribution is 0.457. The summed E-state index contributed by atoms with van der Waals surface area (Å²) in [6.07, 6.45) is 15.1. The fourth-order valence-electron chi connectivity index (χ4n) is 12.0. The molecule has 0 aliphatic heterocycles. The minimum absolute atomic E-state index is 0.234. The molecule has 3 unspecified atom stereocenters. The van der Waals surface area contributed by atoms with E-state index in [0.717, 1.165) is 23.5 Å². The Morgan fingerprint density at radius 3 is 1.84 bits per heavy atom. The maximum Gasteiger partial charge on any atom is 0.0541 e. The second kappa shape index (κ2) is 16.3. The average molecular weight is 871 g/mol. The molecule has 3 atom stereocenters. The Hall–Kier alpha value is -8.20. The molecule has 68 heavy (non-hydrogen) atoms. The smallest absolute Gasteiger partial charge is 0.0541 e. The summed E-state index contributed by atoms with van der Waals surface area (Å²) < 4.78 is 2.38. The topological polar surface area (TPSA) is 8.17 Å². The molecule has 2 nitrogen and oxygen atoms in total. The number of rotatable bonds is 8. The second-order valence-corrected chi connectivity index (χ2v) is 18.9. The van der Waals surface area contributed by atoms with Gasteiger partial charge < -0.3 is 9.47 Å². The number of anilines is 3. The van der Waals surface area contributed by atoms with Gasteiger partial charge in [-0.2, -0.15) is 0 Å². The molecule has 324 valence electrons. The Morgan fingerprint density at radius 2 is 1.07 bits per heavy atom. The van der Waals surface area contributed by atoms with E-state index >= 15 is 0 Å². The van der Waals surface area contributed by atoms with Crippen molar-refractivity contribution < 1.29 is 0 Å². The van der Waals surface area contributed by atoms with Crippen LogP contribution in [0.2, 0.25) is 0 Å². The molecule has 0 spiro atoms. The van der Waals surface area contributed by atoms with E-state index in [0.29, 0.717) is 5.92 Å². The summed E-state index contributed by atoms with van der Waals surface area (Å²) in [5, 5.41) is 2.52. The van der Waals surface area contributed by atoms with E-state index in [9.17, 15) is 0 Å². The van der Waals surface area contributed by atoms with Gasteiger partial charge in [-0.25, -0.2) is 0 Å². The maximum atomic E-state index is 2.51. The van der Waals surface area contributed by atoms with E-state index in [4.69, 9.17) is 0 Å². The third-order valence-electron chi connectivity index (χ3n) is 15.2. The maximum absolute atomic E-state index is 2.51. The van der Waals surface area contributed by atoms with Crippen LogP contribution in [0.1, 0.15) is 58.6 Å². The molecule has 0 saturated carbocycles. The van der Waals surface area contributed by atoms with Crippen molar-refractivity contribution in [2.45, 2.75) is 30.6 Å². The van der Waals surface area contributed by atoms with E-state index in [1.54, 1.807) is 0 Å². The Morgan fingerprint density at radius 1 is 0.471 bits per heavy atom. The van der Waals surface area contributed by atoms with Crippen LogP contribution in [0.15, 0.2) is 249 Å². The predicted molar refractivity (Wildman–Crippen MR) is 286 cm³/mol.